The molecule has 1 unspecified atom stereocenters. The maximum absolute atomic E-state index is 12.9. The lowest BCUT2D eigenvalue weighted by Crippen LogP contribution is -2.52. The van der Waals surface area contributed by atoms with Gasteiger partial charge in [-0.3, -0.25) is 0 Å². The van der Waals surface area contributed by atoms with Gasteiger partial charge in [0.1, 0.15) is 6.04 Å². The molecule has 3 rings (SSSR count). The van der Waals surface area contributed by atoms with Gasteiger partial charge in [0.25, 0.3) is 0 Å². The number of nitrogens with one attached hydrogen (secondary N) is 1. The molecule has 9 heteroatoms. The second-order valence-corrected chi connectivity index (χ2v) is 6.88. The van der Waals surface area contributed by atoms with Crippen LogP contribution in [0, 0.1) is 0 Å². The van der Waals surface area contributed by atoms with Crippen molar-refractivity contribution in [3.63, 3.8) is 0 Å². The van der Waals surface area contributed by atoms with Gasteiger partial charge in [0.2, 0.25) is 0 Å². The predicted molar refractivity (Wildman–Crippen MR) is 94.2 cm³/mol. The van der Waals surface area contributed by atoms with Gasteiger partial charge in [-0.05, 0) is 42.2 Å². The number of halogens is 6. The van der Waals surface area contributed by atoms with E-state index in [4.69, 9.17) is 0 Å². The van der Waals surface area contributed by atoms with Crippen LogP contribution >= 0.6 is 0 Å². The topological polar surface area (TPSA) is 32.3 Å². The molecule has 0 fully saturated rings. The molecule has 0 aromatic heterocycles. The van der Waals surface area contributed by atoms with Crippen molar-refractivity contribution in [1.82, 2.24) is 10.2 Å². The molecule has 0 spiro atoms. The summed E-state index contributed by atoms with van der Waals surface area (Å²) in [6.45, 7) is 0.974. The van der Waals surface area contributed by atoms with Crippen LogP contribution in [0.15, 0.2) is 48.5 Å². The average molecular weight is 416 g/mol. The largest absolute Gasteiger partial charge is 0.416 e. The lowest BCUT2D eigenvalue weighted by Gasteiger charge is -2.38. The van der Waals surface area contributed by atoms with Crippen molar-refractivity contribution < 1.29 is 31.1 Å². The first kappa shape index (κ1) is 21.0. The minimum Gasteiger partial charge on any atom is -0.326 e. The highest BCUT2D eigenvalue weighted by atomic mass is 19.4. The van der Waals surface area contributed by atoms with E-state index < -0.39 is 36.0 Å². The Morgan fingerprint density at radius 1 is 1.03 bits per heavy atom. The fraction of sp³-hybridized carbons (Fsp3) is 0.350. The molecule has 0 saturated heterocycles. The van der Waals surface area contributed by atoms with E-state index in [0.29, 0.717) is 17.5 Å². The van der Waals surface area contributed by atoms with E-state index in [2.05, 4.69) is 0 Å². The number of rotatable bonds is 2. The van der Waals surface area contributed by atoms with Gasteiger partial charge < -0.3 is 10.2 Å². The van der Waals surface area contributed by atoms with Crippen LogP contribution < -0.4 is 5.32 Å². The van der Waals surface area contributed by atoms with Gasteiger partial charge in [0.05, 0.1) is 11.6 Å². The quantitative estimate of drug-likeness (QED) is 0.661. The first-order valence-corrected chi connectivity index (χ1v) is 8.87. The van der Waals surface area contributed by atoms with E-state index in [-0.39, 0.29) is 6.54 Å². The third kappa shape index (κ3) is 4.49. The van der Waals surface area contributed by atoms with E-state index in [1.807, 2.05) is 11.4 Å². The Bertz CT molecular complexity index is 876. The van der Waals surface area contributed by atoms with Crippen molar-refractivity contribution in [3.8, 4) is 0 Å². The molecule has 1 heterocycles. The van der Waals surface area contributed by atoms with Crippen molar-refractivity contribution in [3.05, 3.63) is 70.8 Å². The average Bonchev–Trinajstić information content (AvgIpc) is 2.65. The normalized spacial score (nSPS) is 18.2. The Morgan fingerprint density at radius 2 is 1.66 bits per heavy atom. The van der Waals surface area contributed by atoms with Gasteiger partial charge in [-0.15, -0.1) is 0 Å². The van der Waals surface area contributed by atoms with E-state index in [1.165, 1.54) is 17.0 Å². The van der Waals surface area contributed by atoms with Gasteiger partial charge in [-0.25, -0.2) is 4.79 Å². The van der Waals surface area contributed by atoms with Gasteiger partial charge >= 0.3 is 18.4 Å². The number of carbonyl (C=O) groups excluding carboxylic acids is 1. The fourth-order valence-electron chi connectivity index (χ4n) is 3.35. The summed E-state index contributed by atoms with van der Waals surface area (Å²) in [4.78, 5) is 13.8. The number of hydrogen-bond donors (Lipinski definition) is 1. The minimum atomic E-state index is -4.60. The SMILES string of the molecule is CC(NC(=O)N1CCc2ccccc2[C@@H]1c1ccc(C(F)(F)F)cc1)C(F)(F)F. The first-order valence-electron chi connectivity index (χ1n) is 8.87. The molecule has 156 valence electrons. The van der Waals surface area contributed by atoms with E-state index in [1.54, 1.807) is 18.2 Å². The van der Waals surface area contributed by atoms with Crippen LogP contribution in [0.3, 0.4) is 0 Å². The molecule has 0 radical (unpaired) electrons. The molecular formula is C20H18F6N2O. The molecule has 2 aromatic carbocycles. The molecule has 0 bridgehead atoms. The number of hydrogen-bond acceptors (Lipinski definition) is 1. The highest BCUT2D eigenvalue weighted by Crippen LogP contribution is 2.37. The number of urea groups is 1. The van der Waals surface area contributed by atoms with Crippen LogP contribution in [0.1, 0.15) is 35.2 Å². The predicted octanol–water partition coefficient (Wildman–Crippen LogP) is 5.31. The number of carbonyl (C=O) groups is 1. The molecule has 29 heavy (non-hydrogen) atoms. The van der Waals surface area contributed by atoms with Crippen LogP contribution in [-0.4, -0.2) is 29.7 Å². The first-order chi connectivity index (χ1) is 13.5. The number of alkyl halides is 6. The highest BCUT2D eigenvalue weighted by molar-refractivity contribution is 5.76. The highest BCUT2D eigenvalue weighted by Gasteiger charge is 2.40. The molecule has 0 saturated carbocycles. The summed E-state index contributed by atoms with van der Waals surface area (Å²) >= 11 is 0. The number of amides is 2. The Balaban J connectivity index is 1.97. The van der Waals surface area contributed by atoms with Crippen molar-refractivity contribution in [2.45, 2.75) is 37.8 Å². The molecule has 1 N–H and O–H groups in total. The lowest BCUT2D eigenvalue weighted by molar-refractivity contribution is -0.149. The molecule has 2 amide bonds. The summed E-state index contributed by atoms with van der Waals surface area (Å²) in [5.41, 5.74) is 1.12. The maximum Gasteiger partial charge on any atom is 0.416 e. The van der Waals surface area contributed by atoms with Gasteiger partial charge in [-0.1, -0.05) is 36.4 Å². The van der Waals surface area contributed by atoms with Crippen LogP contribution in [0.4, 0.5) is 31.1 Å². The monoisotopic (exact) mass is 416 g/mol. The molecule has 3 nitrogen and oxygen atoms in total. The summed E-state index contributed by atoms with van der Waals surface area (Å²) in [5, 5.41) is 1.94. The van der Waals surface area contributed by atoms with Crippen LogP contribution in [0.25, 0.3) is 0 Å². The second kappa shape index (κ2) is 7.61. The zero-order chi connectivity index (χ0) is 21.4. The van der Waals surface area contributed by atoms with Crippen molar-refractivity contribution in [2.24, 2.45) is 0 Å². The Hall–Kier alpha value is -2.71. The molecule has 1 aliphatic rings. The summed E-state index contributed by atoms with van der Waals surface area (Å²) in [7, 11) is 0. The number of fused-ring (bicyclic) bond motifs is 1. The Labute approximate surface area is 163 Å². The van der Waals surface area contributed by atoms with Crippen LogP contribution in [0.5, 0.6) is 0 Å². The van der Waals surface area contributed by atoms with Crippen molar-refractivity contribution in [1.29, 1.82) is 0 Å². The van der Waals surface area contributed by atoms with Crippen LogP contribution in [-0.2, 0) is 12.6 Å². The van der Waals surface area contributed by atoms with Gasteiger partial charge in [-0.2, -0.15) is 26.3 Å². The molecular weight excluding hydrogens is 398 g/mol. The minimum absolute atomic E-state index is 0.138. The third-order valence-corrected chi connectivity index (χ3v) is 4.93. The lowest BCUT2D eigenvalue weighted by atomic mass is 9.88. The molecule has 0 aliphatic carbocycles. The summed E-state index contributed by atoms with van der Waals surface area (Å²) in [6, 6.07) is 7.62. The molecule has 1 aliphatic heterocycles. The standard InChI is InChI=1S/C20H18F6N2O/c1-12(19(21,22)23)27-18(29)28-11-10-13-4-2-3-5-16(13)17(28)14-6-8-15(9-7-14)20(24,25)26/h2-9,12,17H,10-11H2,1H3,(H,27,29)/t12?,17-/m0/s1. The zero-order valence-electron chi connectivity index (χ0n) is 15.3. The number of nitrogens with zero attached hydrogens (tertiary/aromatic N) is 1. The zero-order valence-corrected chi connectivity index (χ0v) is 15.3. The third-order valence-electron chi connectivity index (χ3n) is 4.93. The maximum atomic E-state index is 12.9. The van der Waals surface area contributed by atoms with Gasteiger partial charge in [0, 0.05) is 6.54 Å². The summed E-state index contributed by atoms with van der Waals surface area (Å²) in [6.07, 6.45) is -8.68. The number of benzene rings is 2. The second-order valence-electron chi connectivity index (χ2n) is 6.88. The van der Waals surface area contributed by atoms with Crippen LogP contribution in [0.2, 0.25) is 0 Å². The van der Waals surface area contributed by atoms with Crippen molar-refractivity contribution in [2.75, 3.05) is 6.54 Å². The Kier molecular flexibility index (Phi) is 5.51. The van der Waals surface area contributed by atoms with E-state index in [9.17, 15) is 31.1 Å². The Morgan fingerprint density at radius 3 is 2.24 bits per heavy atom. The fourth-order valence-corrected chi connectivity index (χ4v) is 3.35. The van der Waals surface area contributed by atoms with Gasteiger partial charge in [0.15, 0.2) is 0 Å². The summed E-state index contributed by atoms with van der Waals surface area (Å²) in [5.74, 6) is 0. The summed E-state index contributed by atoms with van der Waals surface area (Å²) < 4.78 is 77.2. The van der Waals surface area contributed by atoms with E-state index >= 15 is 0 Å². The van der Waals surface area contributed by atoms with E-state index in [0.717, 1.165) is 24.6 Å². The molecule has 2 atom stereocenters. The molecule has 2 aromatic rings. The van der Waals surface area contributed by atoms with Crippen molar-refractivity contribution >= 4 is 6.03 Å². The smallest absolute Gasteiger partial charge is 0.326 e.